The van der Waals surface area contributed by atoms with Crippen LogP contribution in [0.5, 0.6) is 5.75 Å². The van der Waals surface area contributed by atoms with Crippen LogP contribution in [0.1, 0.15) is 102 Å². The van der Waals surface area contributed by atoms with E-state index in [1.165, 1.54) is 25.7 Å². The second-order valence-electron chi connectivity index (χ2n) is 14.1. The number of amidine groups is 1. The molecule has 3 heterocycles. The van der Waals surface area contributed by atoms with E-state index >= 15 is 0 Å². The van der Waals surface area contributed by atoms with Crippen molar-refractivity contribution in [1.82, 2.24) is 25.0 Å². The summed E-state index contributed by atoms with van der Waals surface area (Å²) in [7, 11) is 0. The Kier molecular flexibility index (Phi) is 11.5. The summed E-state index contributed by atoms with van der Waals surface area (Å²) in [6.45, 7) is 11.3. The van der Waals surface area contributed by atoms with E-state index in [9.17, 15) is 4.79 Å². The van der Waals surface area contributed by atoms with Crippen molar-refractivity contribution in [3.63, 3.8) is 0 Å². The first-order valence-corrected chi connectivity index (χ1v) is 17.4. The van der Waals surface area contributed by atoms with Crippen LogP contribution in [-0.2, 0) is 0 Å². The zero-order valence-electron chi connectivity index (χ0n) is 28.4. The molecule has 0 bridgehead atoms. The first kappa shape index (κ1) is 34.3. The highest BCUT2D eigenvalue weighted by molar-refractivity contribution is 6.09. The van der Waals surface area contributed by atoms with E-state index in [1.54, 1.807) is 22.9 Å². The number of rotatable bonds is 8. The number of benzene rings is 1. The van der Waals surface area contributed by atoms with Gasteiger partial charge in [-0.25, -0.2) is 4.79 Å². The third kappa shape index (κ3) is 9.31. The molecule has 0 saturated carbocycles. The van der Waals surface area contributed by atoms with Crippen molar-refractivity contribution in [1.29, 1.82) is 16.2 Å². The molecule has 5 rings (SSSR count). The highest BCUT2D eigenvalue weighted by atomic mass is 16.5. The van der Waals surface area contributed by atoms with Gasteiger partial charge in [-0.3, -0.25) is 25.7 Å². The van der Waals surface area contributed by atoms with Gasteiger partial charge in [-0.05, 0) is 86.7 Å². The molecule has 2 saturated heterocycles. The van der Waals surface area contributed by atoms with Gasteiger partial charge in [-0.2, -0.15) is 0 Å². The Bertz CT molecular complexity index is 1500. The SMILES string of the molecule is CC(C)(C)C(=N)CC(=NCCN1CCCCC1)NC(=O)NC1CCC(Oc2ccc(=N)n(C(=N)N3CCCCC3)c2)c2ccccc21. The average molecular weight is 644 g/mol. The van der Waals surface area contributed by atoms with Gasteiger partial charge in [0.05, 0.1) is 18.8 Å². The van der Waals surface area contributed by atoms with E-state index < -0.39 is 0 Å². The number of hydrogen-bond donors (Lipinski definition) is 5. The highest BCUT2D eigenvalue weighted by Gasteiger charge is 2.30. The summed E-state index contributed by atoms with van der Waals surface area (Å²) in [5.41, 5.74) is 2.50. The second-order valence-corrected chi connectivity index (χ2v) is 14.1. The molecule has 47 heavy (non-hydrogen) atoms. The number of pyridine rings is 1. The average Bonchev–Trinajstić information content (AvgIpc) is 3.06. The van der Waals surface area contributed by atoms with E-state index in [-0.39, 0.29) is 29.1 Å². The van der Waals surface area contributed by atoms with E-state index in [0.29, 0.717) is 49.1 Å². The van der Waals surface area contributed by atoms with Gasteiger partial charge in [0.1, 0.15) is 23.2 Å². The Morgan fingerprint density at radius 2 is 1.62 bits per heavy atom. The van der Waals surface area contributed by atoms with Crippen molar-refractivity contribution in [3.8, 4) is 5.75 Å². The van der Waals surface area contributed by atoms with Crippen molar-refractivity contribution in [2.24, 2.45) is 10.4 Å². The molecule has 1 aliphatic carbocycles. The normalized spacial score (nSPS) is 20.7. The molecule has 2 fully saturated rings. The minimum absolute atomic E-state index is 0.199. The largest absolute Gasteiger partial charge is 0.484 e. The highest BCUT2D eigenvalue weighted by Crippen LogP contribution is 2.38. The van der Waals surface area contributed by atoms with Crippen molar-refractivity contribution in [2.45, 2.75) is 90.7 Å². The fourth-order valence-electron chi connectivity index (χ4n) is 6.58. The number of nitrogens with zero attached hydrogens (tertiary/aromatic N) is 4. The molecule has 2 unspecified atom stereocenters. The summed E-state index contributed by atoms with van der Waals surface area (Å²) in [4.78, 5) is 22.6. The lowest BCUT2D eigenvalue weighted by Gasteiger charge is -2.33. The van der Waals surface area contributed by atoms with Crippen molar-refractivity contribution >= 4 is 23.5 Å². The molecule has 2 atom stereocenters. The molecule has 2 aromatic rings. The van der Waals surface area contributed by atoms with Gasteiger partial charge in [0.2, 0.25) is 5.96 Å². The molecule has 11 nitrogen and oxygen atoms in total. The number of nitrogens with one attached hydrogen (secondary N) is 5. The molecule has 2 amide bonds. The first-order valence-electron chi connectivity index (χ1n) is 17.4. The smallest absolute Gasteiger partial charge is 0.320 e. The maximum absolute atomic E-state index is 13.4. The Hall–Kier alpha value is -3.99. The summed E-state index contributed by atoms with van der Waals surface area (Å²) >= 11 is 0. The van der Waals surface area contributed by atoms with Crippen LogP contribution in [-0.4, -0.2) is 77.2 Å². The first-order chi connectivity index (χ1) is 22.6. The van der Waals surface area contributed by atoms with Gasteiger partial charge in [0, 0.05) is 31.8 Å². The Labute approximate surface area is 279 Å². The van der Waals surface area contributed by atoms with Crippen LogP contribution >= 0.6 is 0 Å². The standard InChI is InChI=1S/C36H53N9O2/c1-36(2,3)31(37)24-33(40-18-23-43-19-8-4-9-20-43)42-35(46)41-29-15-16-30(28-13-7-6-12-27(28)29)47-26-14-17-32(38)45(25-26)34(39)44-21-10-5-11-22-44/h6-7,12-14,17,25,29-30,37-39H,4-5,8-11,15-16,18-24H2,1-3H3,(H2,40,41,42,46). The summed E-state index contributed by atoms with van der Waals surface area (Å²) in [6, 6.07) is 11.0. The molecule has 2 aliphatic heterocycles. The summed E-state index contributed by atoms with van der Waals surface area (Å²) in [6.07, 6.45) is 10.3. The minimum Gasteiger partial charge on any atom is -0.484 e. The predicted molar refractivity (Wildman–Crippen MR) is 187 cm³/mol. The fourth-order valence-corrected chi connectivity index (χ4v) is 6.58. The van der Waals surface area contributed by atoms with Gasteiger partial charge >= 0.3 is 6.03 Å². The minimum atomic E-state index is -0.314. The summed E-state index contributed by atoms with van der Waals surface area (Å²) in [5.74, 6) is 1.45. The van der Waals surface area contributed by atoms with Crippen LogP contribution < -0.4 is 20.9 Å². The molecular weight excluding hydrogens is 590 g/mol. The van der Waals surface area contributed by atoms with Gasteiger partial charge in [-0.15, -0.1) is 0 Å². The van der Waals surface area contributed by atoms with Crippen LogP contribution in [0.2, 0.25) is 0 Å². The van der Waals surface area contributed by atoms with E-state index in [4.69, 9.17) is 26.0 Å². The van der Waals surface area contributed by atoms with Crippen LogP contribution in [0.15, 0.2) is 47.6 Å². The molecule has 0 spiro atoms. The zero-order valence-corrected chi connectivity index (χ0v) is 28.4. The Morgan fingerprint density at radius 1 is 0.936 bits per heavy atom. The van der Waals surface area contributed by atoms with Crippen molar-refractivity contribution in [3.05, 3.63) is 59.2 Å². The fraction of sp³-hybridized carbons (Fsp3) is 0.583. The molecule has 254 valence electrons. The molecule has 1 aromatic heterocycles. The number of urea groups is 1. The van der Waals surface area contributed by atoms with E-state index in [2.05, 4.69) is 15.5 Å². The summed E-state index contributed by atoms with van der Waals surface area (Å²) < 4.78 is 8.10. The van der Waals surface area contributed by atoms with E-state index in [0.717, 1.165) is 56.7 Å². The van der Waals surface area contributed by atoms with Crippen LogP contribution in [0.3, 0.4) is 0 Å². The lowest BCUT2D eigenvalue weighted by molar-refractivity contribution is 0.171. The van der Waals surface area contributed by atoms with Gasteiger partial charge in [0.15, 0.2) is 0 Å². The topological polar surface area (TPSA) is 146 Å². The third-order valence-electron chi connectivity index (χ3n) is 9.50. The molecule has 0 radical (unpaired) electrons. The molecule has 1 aromatic carbocycles. The molecule has 3 aliphatic rings. The van der Waals surface area contributed by atoms with Gasteiger partial charge in [-0.1, -0.05) is 51.5 Å². The maximum atomic E-state index is 13.4. The number of ether oxygens (including phenoxy) is 1. The quantitative estimate of drug-likeness (QED) is 0.182. The second kappa shape index (κ2) is 15.7. The monoisotopic (exact) mass is 643 g/mol. The third-order valence-corrected chi connectivity index (χ3v) is 9.50. The molecular formula is C36H53N9O2. The number of piperidine rings is 2. The Morgan fingerprint density at radius 3 is 2.32 bits per heavy atom. The number of carbonyl (C=O) groups is 1. The number of fused-ring (bicyclic) bond motifs is 1. The zero-order chi connectivity index (χ0) is 33.4. The predicted octanol–water partition coefficient (Wildman–Crippen LogP) is 5.83. The molecule has 11 heteroatoms. The van der Waals surface area contributed by atoms with Gasteiger partial charge in [0.25, 0.3) is 0 Å². The number of carbonyl (C=O) groups excluding carboxylic acids is 1. The number of amides is 2. The number of likely N-dealkylation sites (tertiary alicyclic amines) is 2. The van der Waals surface area contributed by atoms with Crippen molar-refractivity contribution in [2.75, 3.05) is 39.3 Å². The van der Waals surface area contributed by atoms with Crippen LogP contribution in [0.4, 0.5) is 4.79 Å². The van der Waals surface area contributed by atoms with Crippen LogP contribution in [0.25, 0.3) is 0 Å². The molecule has 5 N–H and O–H groups in total. The maximum Gasteiger partial charge on any atom is 0.320 e. The number of aliphatic imine (C=N–C) groups is 1. The van der Waals surface area contributed by atoms with Crippen molar-refractivity contribution < 1.29 is 9.53 Å². The lowest BCUT2D eigenvalue weighted by Crippen LogP contribution is -2.44. The van der Waals surface area contributed by atoms with Crippen LogP contribution in [0, 0.1) is 21.6 Å². The lowest BCUT2D eigenvalue weighted by atomic mass is 9.85. The summed E-state index contributed by atoms with van der Waals surface area (Å²) in [5, 5.41) is 31.9. The van der Waals surface area contributed by atoms with Gasteiger partial charge < -0.3 is 25.3 Å². The number of aromatic nitrogens is 1. The Balaban J connectivity index is 1.25. The van der Waals surface area contributed by atoms with E-state index in [1.807, 2.05) is 49.9 Å². The number of hydrogen-bond acceptors (Lipinski definition) is 7.